The SMILES string of the molecule is CCOc1ccc(NC(=O)Cc2noc3ccccc23)cc1. The number of ether oxygens (including phenoxy) is 1. The predicted molar refractivity (Wildman–Crippen MR) is 84.0 cm³/mol. The lowest BCUT2D eigenvalue weighted by molar-refractivity contribution is -0.115. The Morgan fingerprint density at radius 3 is 2.73 bits per heavy atom. The van der Waals surface area contributed by atoms with E-state index in [1.807, 2.05) is 55.5 Å². The van der Waals surface area contributed by atoms with Crippen molar-refractivity contribution in [1.29, 1.82) is 0 Å². The number of aromatic nitrogens is 1. The van der Waals surface area contributed by atoms with Gasteiger partial charge in [-0.15, -0.1) is 0 Å². The standard InChI is InChI=1S/C17H16N2O3/c1-2-21-13-9-7-12(8-10-13)18-17(20)11-15-14-5-3-4-6-16(14)22-19-15/h3-10H,2,11H2,1H3,(H,18,20). The highest BCUT2D eigenvalue weighted by Crippen LogP contribution is 2.19. The van der Waals surface area contributed by atoms with Crippen LogP contribution in [0.2, 0.25) is 0 Å². The minimum atomic E-state index is -0.136. The zero-order chi connectivity index (χ0) is 15.4. The molecule has 0 atom stereocenters. The second kappa shape index (κ2) is 6.30. The molecule has 0 unspecified atom stereocenters. The predicted octanol–water partition coefficient (Wildman–Crippen LogP) is 3.41. The summed E-state index contributed by atoms with van der Waals surface area (Å²) >= 11 is 0. The molecule has 5 nitrogen and oxygen atoms in total. The molecule has 0 aliphatic carbocycles. The summed E-state index contributed by atoms with van der Waals surface area (Å²) in [5, 5.41) is 7.66. The van der Waals surface area contributed by atoms with Crippen LogP contribution in [0.1, 0.15) is 12.6 Å². The Morgan fingerprint density at radius 2 is 1.95 bits per heavy atom. The number of hydrogen-bond acceptors (Lipinski definition) is 4. The Morgan fingerprint density at radius 1 is 1.18 bits per heavy atom. The highest BCUT2D eigenvalue weighted by molar-refractivity contribution is 5.94. The zero-order valence-electron chi connectivity index (χ0n) is 12.2. The Balaban J connectivity index is 1.67. The van der Waals surface area contributed by atoms with Crippen LogP contribution in [0.3, 0.4) is 0 Å². The third-order valence-corrected chi connectivity index (χ3v) is 3.23. The third-order valence-electron chi connectivity index (χ3n) is 3.23. The lowest BCUT2D eigenvalue weighted by Gasteiger charge is -2.06. The summed E-state index contributed by atoms with van der Waals surface area (Å²) in [5.74, 6) is 0.645. The quantitative estimate of drug-likeness (QED) is 0.783. The molecule has 0 spiro atoms. The van der Waals surface area contributed by atoms with Gasteiger partial charge in [0.25, 0.3) is 0 Å². The fourth-order valence-electron chi connectivity index (χ4n) is 2.22. The van der Waals surface area contributed by atoms with Gasteiger partial charge in [0.05, 0.1) is 13.0 Å². The van der Waals surface area contributed by atoms with Gasteiger partial charge in [-0.2, -0.15) is 0 Å². The number of carbonyl (C=O) groups is 1. The molecular formula is C17H16N2O3. The van der Waals surface area contributed by atoms with Gasteiger partial charge >= 0.3 is 0 Å². The highest BCUT2D eigenvalue weighted by Gasteiger charge is 2.12. The largest absolute Gasteiger partial charge is 0.494 e. The third kappa shape index (κ3) is 3.09. The van der Waals surface area contributed by atoms with Gasteiger partial charge in [0.1, 0.15) is 11.4 Å². The van der Waals surface area contributed by atoms with Crippen LogP contribution in [0, 0.1) is 0 Å². The van der Waals surface area contributed by atoms with Gasteiger partial charge in [0.2, 0.25) is 5.91 Å². The average Bonchev–Trinajstić information content (AvgIpc) is 2.93. The molecule has 1 amide bonds. The van der Waals surface area contributed by atoms with E-state index in [2.05, 4.69) is 10.5 Å². The van der Waals surface area contributed by atoms with Gasteiger partial charge in [0.15, 0.2) is 5.58 Å². The highest BCUT2D eigenvalue weighted by atomic mass is 16.5. The Kier molecular flexibility index (Phi) is 4.05. The maximum absolute atomic E-state index is 12.1. The van der Waals surface area contributed by atoms with Crippen LogP contribution in [-0.2, 0) is 11.2 Å². The van der Waals surface area contributed by atoms with Crippen LogP contribution >= 0.6 is 0 Å². The van der Waals surface area contributed by atoms with Crippen molar-refractivity contribution in [1.82, 2.24) is 5.16 Å². The van der Waals surface area contributed by atoms with Gasteiger partial charge in [-0.05, 0) is 43.3 Å². The number of para-hydroxylation sites is 1. The molecule has 1 aromatic heterocycles. The summed E-state index contributed by atoms with van der Waals surface area (Å²) in [7, 11) is 0. The fraction of sp³-hybridized carbons (Fsp3) is 0.176. The van der Waals surface area contributed by atoms with E-state index in [0.29, 0.717) is 17.9 Å². The maximum atomic E-state index is 12.1. The van der Waals surface area contributed by atoms with Gasteiger partial charge < -0.3 is 14.6 Å². The molecule has 0 bridgehead atoms. The molecular weight excluding hydrogens is 280 g/mol. The molecule has 112 valence electrons. The molecule has 5 heteroatoms. The molecule has 0 saturated carbocycles. The number of fused-ring (bicyclic) bond motifs is 1. The monoisotopic (exact) mass is 296 g/mol. The van der Waals surface area contributed by atoms with Gasteiger partial charge in [-0.1, -0.05) is 17.3 Å². The van der Waals surface area contributed by atoms with E-state index >= 15 is 0 Å². The van der Waals surface area contributed by atoms with Crippen molar-refractivity contribution in [2.75, 3.05) is 11.9 Å². The fourth-order valence-corrected chi connectivity index (χ4v) is 2.22. The Bertz CT molecular complexity index is 778. The van der Waals surface area contributed by atoms with Crippen molar-refractivity contribution < 1.29 is 14.1 Å². The topological polar surface area (TPSA) is 64.4 Å². The van der Waals surface area contributed by atoms with Crippen LogP contribution in [-0.4, -0.2) is 17.7 Å². The summed E-state index contributed by atoms with van der Waals surface area (Å²) in [6.45, 7) is 2.54. The van der Waals surface area contributed by atoms with E-state index in [0.717, 1.165) is 16.8 Å². The minimum absolute atomic E-state index is 0.136. The summed E-state index contributed by atoms with van der Waals surface area (Å²) in [6, 6.07) is 14.8. The smallest absolute Gasteiger partial charge is 0.230 e. The van der Waals surface area contributed by atoms with Crippen molar-refractivity contribution in [2.24, 2.45) is 0 Å². The number of carbonyl (C=O) groups excluding carboxylic acids is 1. The van der Waals surface area contributed by atoms with Crippen LogP contribution < -0.4 is 10.1 Å². The number of benzene rings is 2. The van der Waals surface area contributed by atoms with Gasteiger partial charge in [-0.25, -0.2) is 0 Å². The molecule has 22 heavy (non-hydrogen) atoms. The number of hydrogen-bond donors (Lipinski definition) is 1. The molecule has 0 aliphatic heterocycles. The average molecular weight is 296 g/mol. The Hall–Kier alpha value is -2.82. The molecule has 2 aromatic carbocycles. The van der Waals surface area contributed by atoms with Crippen molar-refractivity contribution in [3.05, 3.63) is 54.2 Å². The van der Waals surface area contributed by atoms with E-state index in [-0.39, 0.29) is 12.3 Å². The van der Waals surface area contributed by atoms with Crippen LogP contribution in [0.5, 0.6) is 5.75 Å². The molecule has 3 aromatic rings. The second-order valence-electron chi connectivity index (χ2n) is 4.81. The number of anilines is 1. The summed E-state index contributed by atoms with van der Waals surface area (Å²) in [6.07, 6.45) is 0.171. The lowest BCUT2D eigenvalue weighted by atomic mass is 10.1. The van der Waals surface area contributed by atoms with Crippen LogP contribution in [0.15, 0.2) is 53.1 Å². The van der Waals surface area contributed by atoms with E-state index in [1.165, 1.54) is 0 Å². The maximum Gasteiger partial charge on any atom is 0.230 e. The summed E-state index contributed by atoms with van der Waals surface area (Å²) < 4.78 is 10.6. The van der Waals surface area contributed by atoms with Crippen molar-refractivity contribution >= 4 is 22.6 Å². The number of nitrogens with zero attached hydrogens (tertiary/aromatic N) is 1. The van der Waals surface area contributed by atoms with E-state index < -0.39 is 0 Å². The minimum Gasteiger partial charge on any atom is -0.494 e. The summed E-state index contributed by atoms with van der Waals surface area (Å²) in [5.41, 5.74) is 2.05. The number of rotatable bonds is 5. The van der Waals surface area contributed by atoms with Crippen molar-refractivity contribution in [3.8, 4) is 5.75 Å². The molecule has 1 N–H and O–H groups in total. The van der Waals surface area contributed by atoms with E-state index in [4.69, 9.17) is 9.26 Å². The first-order valence-electron chi connectivity index (χ1n) is 7.12. The van der Waals surface area contributed by atoms with Crippen LogP contribution in [0.25, 0.3) is 11.0 Å². The Labute approximate surface area is 127 Å². The first-order chi connectivity index (χ1) is 10.8. The van der Waals surface area contributed by atoms with Crippen molar-refractivity contribution in [2.45, 2.75) is 13.3 Å². The molecule has 0 aliphatic rings. The second-order valence-corrected chi connectivity index (χ2v) is 4.81. The van der Waals surface area contributed by atoms with E-state index in [9.17, 15) is 4.79 Å². The van der Waals surface area contributed by atoms with E-state index in [1.54, 1.807) is 0 Å². The zero-order valence-corrected chi connectivity index (χ0v) is 12.2. The molecule has 0 fully saturated rings. The molecule has 3 rings (SSSR count). The van der Waals surface area contributed by atoms with Crippen molar-refractivity contribution in [3.63, 3.8) is 0 Å². The lowest BCUT2D eigenvalue weighted by Crippen LogP contribution is -2.14. The molecule has 1 heterocycles. The van der Waals surface area contributed by atoms with Gasteiger partial charge in [0, 0.05) is 11.1 Å². The first-order valence-corrected chi connectivity index (χ1v) is 7.12. The number of nitrogens with one attached hydrogen (secondary N) is 1. The first kappa shape index (κ1) is 14.1. The summed E-state index contributed by atoms with van der Waals surface area (Å²) in [4.78, 5) is 12.1. The normalized spacial score (nSPS) is 10.6. The molecule has 0 radical (unpaired) electrons. The van der Waals surface area contributed by atoms with Gasteiger partial charge in [-0.3, -0.25) is 4.79 Å². The van der Waals surface area contributed by atoms with Crippen LogP contribution in [0.4, 0.5) is 5.69 Å². The molecule has 0 saturated heterocycles. The number of amides is 1.